The average molecular weight is 274 g/mol. The summed E-state index contributed by atoms with van der Waals surface area (Å²) in [6.07, 6.45) is 8.26. The number of hydrogen-bond donors (Lipinski definition) is 2. The van der Waals surface area contributed by atoms with Crippen molar-refractivity contribution in [2.24, 2.45) is 0 Å². The van der Waals surface area contributed by atoms with Gasteiger partial charge in [0.2, 0.25) is 0 Å². The Balaban J connectivity index is 1.59. The van der Waals surface area contributed by atoms with Gasteiger partial charge in [0.25, 0.3) is 0 Å². The minimum Gasteiger partial charge on any atom is -0.360 e. The molecule has 0 aliphatic heterocycles. The lowest BCUT2D eigenvalue weighted by Crippen LogP contribution is -2.32. The molecule has 0 radical (unpaired) electrons. The standard InChI is InChI=1S/C12H20ClN3S/c13-11-9-17-12(16-11)15-8-7-14-10-5-3-1-2-4-6-10/h9-10,14H,1-8H2,(H,15,16). The van der Waals surface area contributed by atoms with Crippen LogP contribution in [-0.4, -0.2) is 24.1 Å². The molecule has 1 heterocycles. The van der Waals surface area contributed by atoms with Crippen LogP contribution in [0.3, 0.4) is 0 Å². The van der Waals surface area contributed by atoms with Crippen molar-refractivity contribution in [2.75, 3.05) is 18.4 Å². The van der Waals surface area contributed by atoms with Gasteiger partial charge in [-0.3, -0.25) is 0 Å². The van der Waals surface area contributed by atoms with Crippen LogP contribution in [0.25, 0.3) is 0 Å². The molecule has 0 spiro atoms. The summed E-state index contributed by atoms with van der Waals surface area (Å²) in [5.74, 6) is 0. The van der Waals surface area contributed by atoms with Crippen LogP contribution in [-0.2, 0) is 0 Å². The summed E-state index contributed by atoms with van der Waals surface area (Å²) in [6, 6.07) is 0.721. The Labute approximate surface area is 112 Å². The Bertz CT molecular complexity index is 321. The van der Waals surface area contributed by atoms with Gasteiger partial charge in [-0.15, -0.1) is 11.3 Å². The molecule has 17 heavy (non-hydrogen) atoms. The first kappa shape index (κ1) is 13.1. The minimum absolute atomic E-state index is 0.578. The summed E-state index contributed by atoms with van der Waals surface area (Å²) in [5, 5.41) is 10.2. The van der Waals surface area contributed by atoms with Crippen LogP contribution in [0.5, 0.6) is 0 Å². The average Bonchev–Trinajstić information content (AvgIpc) is 2.59. The third-order valence-electron chi connectivity index (χ3n) is 3.17. The fraction of sp³-hybridized carbons (Fsp3) is 0.750. The summed E-state index contributed by atoms with van der Waals surface area (Å²) < 4.78 is 0. The van der Waals surface area contributed by atoms with E-state index in [2.05, 4.69) is 15.6 Å². The van der Waals surface area contributed by atoms with E-state index in [9.17, 15) is 0 Å². The van der Waals surface area contributed by atoms with Crippen molar-refractivity contribution in [3.05, 3.63) is 10.5 Å². The van der Waals surface area contributed by atoms with Gasteiger partial charge >= 0.3 is 0 Å². The largest absolute Gasteiger partial charge is 0.360 e. The summed E-state index contributed by atoms with van der Waals surface area (Å²) in [4.78, 5) is 4.16. The van der Waals surface area contributed by atoms with Gasteiger partial charge in [-0.2, -0.15) is 0 Å². The summed E-state index contributed by atoms with van der Waals surface area (Å²) in [7, 11) is 0. The number of thiazole rings is 1. The van der Waals surface area contributed by atoms with E-state index in [-0.39, 0.29) is 0 Å². The number of rotatable bonds is 5. The Morgan fingerprint density at radius 2 is 2.00 bits per heavy atom. The summed E-state index contributed by atoms with van der Waals surface area (Å²) >= 11 is 7.31. The molecule has 3 nitrogen and oxygen atoms in total. The zero-order valence-corrected chi connectivity index (χ0v) is 11.6. The third-order valence-corrected chi connectivity index (χ3v) is 4.29. The van der Waals surface area contributed by atoms with Gasteiger partial charge < -0.3 is 10.6 Å². The van der Waals surface area contributed by atoms with Gasteiger partial charge in [0, 0.05) is 24.5 Å². The minimum atomic E-state index is 0.578. The quantitative estimate of drug-likeness (QED) is 0.637. The van der Waals surface area contributed by atoms with Crippen molar-refractivity contribution in [1.82, 2.24) is 10.3 Å². The maximum Gasteiger partial charge on any atom is 0.184 e. The van der Waals surface area contributed by atoms with E-state index in [0.717, 1.165) is 24.3 Å². The third kappa shape index (κ3) is 4.82. The lowest BCUT2D eigenvalue weighted by atomic mass is 10.1. The molecule has 1 fully saturated rings. The molecule has 0 unspecified atom stereocenters. The number of halogens is 1. The van der Waals surface area contributed by atoms with Crippen LogP contribution in [0.4, 0.5) is 5.13 Å². The van der Waals surface area contributed by atoms with Crippen LogP contribution >= 0.6 is 22.9 Å². The second-order valence-corrected chi connectivity index (χ2v) is 5.79. The van der Waals surface area contributed by atoms with Crippen molar-refractivity contribution >= 4 is 28.1 Å². The Morgan fingerprint density at radius 1 is 1.24 bits per heavy atom. The number of aromatic nitrogens is 1. The van der Waals surface area contributed by atoms with Crippen molar-refractivity contribution < 1.29 is 0 Å². The van der Waals surface area contributed by atoms with E-state index in [1.807, 2.05) is 5.38 Å². The van der Waals surface area contributed by atoms with Gasteiger partial charge in [0.1, 0.15) is 5.15 Å². The van der Waals surface area contributed by atoms with Gasteiger partial charge in [-0.05, 0) is 12.8 Å². The topological polar surface area (TPSA) is 37.0 Å². The molecule has 0 aromatic carbocycles. The number of anilines is 1. The van der Waals surface area contributed by atoms with Crippen molar-refractivity contribution in [1.29, 1.82) is 0 Å². The SMILES string of the molecule is Clc1csc(NCCNC2CCCCCC2)n1. The molecule has 0 saturated heterocycles. The molecule has 0 amide bonds. The van der Waals surface area contributed by atoms with E-state index < -0.39 is 0 Å². The zero-order chi connectivity index (χ0) is 11.9. The molecule has 0 atom stereocenters. The van der Waals surface area contributed by atoms with Gasteiger partial charge in [-0.25, -0.2) is 4.98 Å². The maximum atomic E-state index is 5.76. The second kappa shape index (κ2) is 7.19. The smallest absolute Gasteiger partial charge is 0.184 e. The number of nitrogens with zero attached hydrogens (tertiary/aromatic N) is 1. The first-order valence-corrected chi connectivity index (χ1v) is 7.68. The molecular weight excluding hydrogens is 254 g/mol. The highest BCUT2D eigenvalue weighted by Gasteiger charge is 2.10. The molecule has 2 rings (SSSR count). The Morgan fingerprint density at radius 3 is 2.65 bits per heavy atom. The van der Waals surface area contributed by atoms with E-state index in [1.165, 1.54) is 38.5 Å². The number of nitrogens with one attached hydrogen (secondary N) is 2. The second-order valence-electron chi connectivity index (χ2n) is 4.54. The molecule has 0 bridgehead atoms. The van der Waals surface area contributed by atoms with Crippen LogP contribution in [0, 0.1) is 0 Å². The highest BCUT2D eigenvalue weighted by molar-refractivity contribution is 7.14. The van der Waals surface area contributed by atoms with Crippen molar-refractivity contribution in [3.63, 3.8) is 0 Å². The van der Waals surface area contributed by atoms with Crippen LogP contribution in [0.15, 0.2) is 5.38 Å². The Hall–Kier alpha value is -0.320. The van der Waals surface area contributed by atoms with E-state index in [0.29, 0.717) is 5.15 Å². The summed E-state index contributed by atoms with van der Waals surface area (Å²) in [6.45, 7) is 1.92. The first-order valence-electron chi connectivity index (χ1n) is 6.43. The number of hydrogen-bond acceptors (Lipinski definition) is 4. The summed E-state index contributed by atoms with van der Waals surface area (Å²) in [5.41, 5.74) is 0. The molecule has 1 aromatic rings. The van der Waals surface area contributed by atoms with Crippen molar-refractivity contribution in [3.8, 4) is 0 Å². The highest BCUT2D eigenvalue weighted by Crippen LogP contribution is 2.19. The fourth-order valence-corrected chi connectivity index (χ4v) is 3.13. The first-order chi connectivity index (χ1) is 8.34. The van der Waals surface area contributed by atoms with Crippen molar-refractivity contribution in [2.45, 2.75) is 44.6 Å². The van der Waals surface area contributed by atoms with Crippen LogP contribution in [0.2, 0.25) is 5.15 Å². The highest BCUT2D eigenvalue weighted by atomic mass is 35.5. The molecule has 96 valence electrons. The van der Waals surface area contributed by atoms with Crippen LogP contribution < -0.4 is 10.6 Å². The fourth-order valence-electron chi connectivity index (χ4n) is 2.26. The monoisotopic (exact) mass is 273 g/mol. The molecular formula is C12H20ClN3S. The molecule has 2 N–H and O–H groups in total. The maximum absolute atomic E-state index is 5.76. The normalized spacial score (nSPS) is 17.9. The molecule has 5 heteroatoms. The van der Waals surface area contributed by atoms with Gasteiger partial charge in [0.15, 0.2) is 5.13 Å². The van der Waals surface area contributed by atoms with E-state index in [4.69, 9.17) is 11.6 Å². The zero-order valence-electron chi connectivity index (χ0n) is 10.0. The Kier molecular flexibility index (Phi) is 5.55. The predicted molar refractivity (Wildman–Crippen MR) is 75.1 cm³/mol. The van der Waals surface area contributed by atoms with Gasteiger partial charge in [0.05, 0.1) is 0 Å². The van der Waals surface area contributed by atoms with E-state index >= 15 is 0 Å². The predicted octanol–water partition coefficient (Wildman–Crippen LogP) is 3.52. The molecule has 1 aliphatic rings. The van der Waals surface area contributed by atoms with E-state index in [1.54, 1.807) is 11.3 Å². The van der Waals surface area contributed by atoms with Gasteiger partial charge in [-0.1, -0.05) is 37.3 Å². The lowest BCUT2D eigenvalue weighted by molar-refractivity contribution is 0.468. The molecule has 1 saturated carbocycles. The van der Waals surface area contributed by atoms with Crippen LogP contribution in [0.1, 0.15) is 38.5 Å². The lowest BCUT2D eigenvalue weighted by Gasteiger charge is -2.16. The molecule has 1 aliphatic carbocycles. The molecule has 1 aromatic heterocycles.